The number of hydrogen-bond donors (Lipinski definition) is 1. The number of nitrogens with one attached hydrogen (secondary N) is 1. The molecule has 3 rings (SSSR count). The van der Waals surface area contributed by atoms with Gasteiger partial charge in [0, 0.05) is 49.8 Å². The molecule has 1 fully saturated rings. The van der Waals surface area contributed by atoms with Gasteiger partial charge < -0.3 is 10.2 Å². The lowest BCUT2D eigenvalue weighted by Gasteiger charge is -2.31. The monoisotopic (exact) mass is 384 g/mol. The third-order valence-electron chi connectivity index (χ3n) is 5.62. The molecule has 1 aromatic rings. The van der Waals surface area contributed by atoms with Crippen molar-refractivity contribution >= 4 is 23.2 Å². The number of benzene rings is 1. The summed E-state index contributed by atoms with van der Waals surface area (Å²) in [6.45, 7) is 7.13. The maximum Gasteiger partial charge on any atom is 0.253 e. The number of unbranched alkanes of at least 4 members (excludes halogenated alkanes) is 2. The van der Waals surface area contributed by atoms with Gasteiger partial charge in [-0.3, -0.25) is 14.6 Å². The molecule has 6 heteroatoms. The van der Waals surface area contributed by atoms with Crippen LogP contribution in [0.15, 0.2) is 29.4 Å². The molecular weight excluding hydrogens is 352 g/mol. The number of likely N-dealkylation sites (tertiary alicyclic amines) is 1. The zero-order chi connectivity index (χ0) is 19.9. The summed E-state index contributed by atoms with van der Waals surface area (Å²) in [5.74, 6) is 0.229. The predicted octanol–water partition coefficient (Wildman–Crippen LogP) is 3.43. The van der Waals surface area contributed by atoms with Crippen molar-refractivity contribution in [1.82, 2.24) is 10.2 Å². The lowest BCUT2D eigenvalue weighted by atomic mass is 9.95. The summed E-state index contributed by atoms with van der Waals surface area (Å²) in [7, 11) is 0. The predicted molar refractivity (Wildman–Crippen MR) is 113 cm³/mol. The fraction of sp³-hybridized carbons (Fsp3) is 0.591. The van der Waals surface area contributed by atoms with Crippen LogP contribution < -0.4 is 10.3 Å². The third kappa shape index (κ3) is 5.12. The number of rotatable bonds is 7. The van der Waals surface area contributed by atoms with E-state index in [9.17, 15) is 9.59 Å². The van der Waals surface area contributed by atoms with Crippen molar-refractivity contribution in [3.63, 3.8) is 0 Å². The molecule has 0 unspecified atom stereocenters. The summed E-state index contributed by atoms with van der Waals surface area (Å²) < 4.78 is 0. The van der Waals surface area contributed by atoms with E-state index in [2.05, 4.69) is 17.3 Å². The van der Waals surface area contributed by atoms with Crippen molar-refractivity contribution in [2.75, 3.05) is 31.2 Å². The summed E-state index contributed by atoms with van der Waals surface area (Å²) in [5.41, 5.74) is 2.86. The number of carbonyl (C=O) groups excluding carboxylic acids is 2. The van der Waals surface area contributed by atoms with E-state index in [4.69, 9.17) is 0 Å². The third-order valence-corrected chi connectivity index (χ3v) is 5.62. The quantitative estimate of drug-likeness (QED) is 0.733. The highest BCUT2D eigenvalue weighted by Gasteiger charge is 2.27. The van der Waals surface area contributed by atoms with E-state index in [1.807, 2.05) is 41.1 Å². The van der Waals surface area contributed by atoms with Crippen molar-refractivity contribution in [1.29, 1.82) is 0 Å². The molecule has 0 spiro atoms. The van der Waals surface area contributed by atoms with Crippen molar-refractivity contribution in [3.05, 3.63) is 29.8 Å². The van der Waals surface area contributed by atoms with E-state index in [0.717, 1.165) is 63.0 Å². The Morgan fingerprint density at radius 1 is 1.11 bits per heavy atom. The second-order valence-corrected chi connectivity index (χ2v) is 7.82. The second kappa shape index (κ2) is 9.71. The van der Waals surface area contributed by atoms with Gasteiger partial charge in [-0.25, -0.2) is 0 Å². The first-order valence-corrected chi connectivity index (χ1v) is 10.6. The Balaban J connectivity index is 1.47. The molecule has 0 bridgehead atoms. The van der Waals surface area contributed by atoms with Gasteiger partial charge in [0.25, 0.3) is 5.91 Å². The molecule has 2 heterocycles. The Hall–Kier alpha value is -2.37. The van der Waals surface area contributed by atoms with E-state index in [1.54, 1.807) is 0 Å². The molecule has 1 aromatic carbocycles. The number of hydrogen-bond acceptors (Lipinski definition) is 4. The van der Waals surface area contributed by atoms with Crippen molar-refractivity contribution in [2.24, 2.45) is 11.0 Å². The molecule has 1 saturated heterocycles. The minimum Gasteiger partial charge on any atom is -0.356 e. The standard InChI is InChI=1S/C22H32N4O2/c1-3-4-5-13-23-21(27)18-11-14-25(15-12-18)22(28)19-6-8-20(9-7-19)26-16-10-17(2)24-26/h6-9,18H,3-5,10-16H2,1-2H3,(H,23,27). The van der Waals surface area contributed by atoms with E-state index >= 15 is 0 Å². The highest BCUT2D eigenvalue weighted by molar-refractivity contribution is 5.95. The molecule has 6 nitrogen and oxygen atoms in total. The van der Waals surface area contributed by atoms with Crippen LogP contribution in [-0.2, 0) is 4.79 Å². The van der Waals surface area contributed by atoms with Gasteiger partial charge in [0.1, 0.15) is 0 Å². The van der Waals surface area contributed by atoms with Crippen LogP contribution in [0, 0.1) is 5.92 Å². The minimum absolute atomic E-state index is 0.0318. The molecule has 1 N–H and O–H groups in total. The first kappa shape index (κ1) is 20.4. The molecule has 0 saturated carbocycles. The van der Waals surface area contributed by atoms with Crippen LogP contribution in [0.4, 0.5) is 5.69 Å². The van der Waals surface area contributed by atoms with Crippen LogP contribution in [0.3, 0.4) is 0 Å². The molecule has 28 heavy (non-hydrogen) atoms. The summed E-state index contributed by atoms with van der Waals surface area (Å²) in [5, 5.41) is 9.52. The highest BCUT2D eigenvalue weighted by Crippen LogP contribution is 2.22. The first-order chi connectivity index (χ1) is 13.6. The maximum absolute atomic E-state index is 12.8. The van der Waals surface area contributed by atoms with Crippen LogP contribution in [-0.4, -0.2) is 48.6 Å². The largest absolute Gasteiger partial charge is 0.356 e. The minimum atomic E-state index is 0.0318. The molecule has 2 aliphatic rings. The molecule has 2 amide bonds. The van der Waals surface area contributed by atoms with Crippen molar-refractivity contribution in [3.8, 4) is 0 Å². The first-order valence-electron chi connectivity index (χ1n) is 10.6. The Labute approximate surface area is 168 Å². The number of anilines is 1. The van der Waals surface area contributed by atoms with Crippen LogP contribution in [0.25, 0.3) is 0 Å². The maximum atomic E-state index is 12.8. The smallest absolute Gasteiger partial charge is 0.253 e. The Kier molecular flexibility index (Phi) is 7.06. The van der Waals surface area contributed by atoms with E-state index in [-0.39, 0.29) is 17.7 Å². The van der Waals surface area contributed by atoms with Gasteiger partial charge in [-0.05, 0) is 50.5 Å². The number of amides is 2. The van der Waals surface area contributed by atoms with E-state index in [0.29, 0.717) is 18.7 Å². The van der Waals surface area contributed by atoms with Crippen LogP contribution >= 0.6 is 0 Å². The van der Waals surface area contributed by atoms with Gasteiger partial charge in [-0.2, -0.15) is 5.10 Å². The topological polar surface area (TPSA) is 65.0 Å². The molecule has 152 valence electrons. The van der Waals surface area contributed by atoms with E-state index < -0.39 is 0 Å². The van der Waals surface area contributed by atoms with Crippen LogP contribution in [0.1, 0.15) is 62.7 Å². The Bertz CT molecular complexity index is 706. The summed E-state index contributed by atoms with van der Waals surface area (Å²) in [6.07, 6.45) is 5.81. The average Bonchev–Trinajstić information content (AvgIpc) is 3.17. The number of nitrogens with zero attached hydrogens (tertiary/aromatic N) is 3. The Morgan fingerprint density at radius 3 is 2.43 bits per heavy atom. The number of piperidine rings is 1. The van der Waals surface area contributed by atoms with Gasteiger partial charge in [0.15, 0.2) is 0 Å². The van der Waals surface area contributed by atoms with Crippen LogP contribution in [0.5, 0.6) is 0 Å². The Morgan fingerprint density at radius 2 is 1.82 bits per heavy atom. The summed E-state index contributed by atoms with van der Waals surface area (Å²) in [4.78, 5) is 26.9. The van der Waals surface area contributed by atoms with Gasteiger partial charge in [0.2, 0.25) is 5.91 Å². The van der Waals surface area contributed by atoms with Gasteiger partial charge in [0.05, 0.1) is 5.69 Å². The lowest BCUT2D eigenvalue weighted by Crippen LogP contribution is -2.43. The lowest BCUT2D eigenvalue weighted by molar-refractivity contribution is -0.126. The van der Waals surface area contributed by atoms with Crippen molar-refractivity contribution < 1.29 is 9.59 Å². The van der Waals surface area contributed by atoms with Gasteiger partial charge in [-0.15, -0.1) is 0 Å². The van der Waals surface area contributed by atoms with Crippen molar-refractivity contribution in [2.45, 2.75) is 52.4 Å². The molecule has 0 aliphatic carbocycles. The average molecular weight is 385 g/mol. The molecular formula is C22H32N4O2. The normalized spacial score (nSPS) is 17.6. The zero-order valence-electron chi connectivity index (χ0n) is 17.1. The molecule has 0 aromatic heterocycles. The fourth-order valence-corrected chi connectivity index (χ4v) is 3.79. The highest BCUT2D eigenvalue weighted by atomic mass is 16.2. The summed E-state index contributed by atoms with van der Waals surface area (Å²) in [6, 6.07) is 7.69. The number of carbonyl (C=O) groups is 2. The molecule has 2 aliphatic heterocycles. The number of hydrazone groups is 1. The van der Waals surface area contributed by atoms with E-state index in [1.165, 1.54) is 0 Å². The summed E-state index contributed by atoms with van der Waals surface area (Å²) >= 11 is 0. The molecule has 0 atom stereocenters. The van der Waals surface area contributed by atoms with Gasteiger partial charge >= 0.3 is 0 Å². The fourth-order valence-electron chi connectivity index (χ4n) is 3.79. The molecule has 0 radical (unpaired) electrons. The SMILES string of the molecule is CCCCCNC(=O)C1CCN(C(=O)c2ccc(N3CCC(C)=N3)cc2)CC1. The zero-order valence-corrected chi connectivity index (χ0v) is 17.1. The van der Waals surface area contributed by atoms with Crippen LogP contribution in [0.2, 0.25) is 0 Å². The second-order valence-electron chi connectivity index (χ2n) is 7.82. The van der Waals surface area contributed by atoms with Gasteiger partial charge in [-0.1, -0.05) is 19.8 Å².